The number of para-hydroxylation sites is 1. The molecule has 26 heavy (non-hydrogen) atoms. The summed E-state index contributed by atoms with van der Waals surface area (Å²) in [5, 5.41) is 7.64. The van der Waals surface area contributed by atoms with Gasteiger partial charge in [0.05, 0.1) is 11.6 Å². The minimum absolute atomic E-state index is 0.177. The molecule has 0 spiro atoms. The van der Waals surface area contributed by atoms with Crippen LogP contribution in [0, 0.1) is 12.7 Å². The molecular formula is C19H27FN4OS. The zero-order chi connectivity index (χ0) is 18.8. The van der Waals surface area contributed by atoms with E-state index in [1.165, 1.54) is 10.9 Å². The van der Waals surface area contributed by atoms with E-state index in [0.29, 0.717) is 6.54 Å². The van der Waals surface area contributed by atoms with Crippen molar-refractivity contribution >= 4 is 17.3 Å². The van der Waals surface area contributed by atoms with Crippen LogP contribution in [0.3, 0.4) is 0 Å². The lowest BCUT2D eigenvalue weighted by atomic mass is 10.2. The van der Waals surface area contributed by atoms with Crippen molar-refractivity contribution in [1.82, 2.24) is 15.6 Å². The van der Waals surface area contributed by atoms with Gasteiger partial charge >= 0.3 is 0 Å². The third-order valence-corrected chi connectivity index (χ3v) is 4.66. The molecule has 1 atom stereocenters. The molecule has 0 amide bonds. The Morgan fingerprint density at radius 3 is 2.77 bits per heavy atom. The van der Waals surface area contributed by atoms with Crippen LogP contribution in [0.5, 0.6) is 5.75 Å². The molecular weight excluding hydrogens is 351 g/mol. The maximum absolute atomic E-state index is 13.7. The number of halogens is 1. The van der Waals surface area contributed by atoms with Gasteiger partial charge in [-0.25, -0.2) is 14.4 Å². The molecule has 0 aliphatic carbocycles. The number of rotatable bonds is 9. The lowest BCUT2D eigenvalue weighted by Crippen LogP contribution is -2.39. The Kier molecular flexibility index (Phi) is 8.34. The summed E-state index contributed by atoms with van der Waals surface area (Å²) in [5.74, 6) is 0.654. The van der Waals surface area contributed by atoms with Gasteiger partial charge in [0, 0.05) is 30.6 Å². The zero-order valence-electron chi connectivity index (χ0n) is 15.6. The molecule has 7 heteroatoms. The largest absolute Gasteiger partial charge is 0.485 e. The van der Waals surface area contributed by atoms with Crippen molar-refractivity contribution < 1.29 is 9.13 Å². The van der Waals surface area contributed by atoms with Gasteiger partial charge in [0.2, 0.25) is 0 Å². The monoisotopic (exact) mass is 378 g/mol. The number of aryl methyl sites for hydroxylation is 1. The second-order valence-electron chi connectivity index (χ2n) is 5.84. The smallest absolute Gasteiger partial charge is 0.191 e. The number of benzene rings is 1. The standard InChI is InChI=1S/C19H27FN4OS/c1-4-15(25-17-9-7-6-8-16(17)20)13-24-19(21-5-2)22-11-10-18-23-12-14(3)26-18/h6-9,12,15H,4-5,10-11,13H2,1-3H3,(H2,21,22,24). The highest BCUT2D eigenvalue weighted by molar-refractivity contribution is 7.11. The van der Waals surface area contributed by atoms with Gasteiger partial charge in [-0.3, -0.25) is 0 Å². The molecule has 0 bridgehead atoms. The predicted octanol–water partition coefficient (Wildman–Crippen LogP) is 3.55. The van der Waals surface area contributed by atoms with Gasteiger partial charge in [-0.2, -0.15) is 0 Å². The molecule has 0 aliphatic heterocycles. The second-order valence-corrected chi connectivity index (χ2v) is 7.16. The van der Waals surface area contributed by atoms with Crippen molar-refractivity contribution in [3.8, 4) is 5.75 Å². The molecule has 2 aromatic rings. The predicted molar refractivity (Wildman–Crippen MR) is 106 cm³/mol. The first-order chi connectivity index (χ1) is 12.6. The van der Waals surface area contributed by atoms with Crippen LogP contribution in [0.15, 0.2) is 35.5 Å². The summed E-state index contributed by atoms with van der Waals surface area (Å²) in [4.78, 5) is 10.2. The lowest BCUT2D eigenvalue weighted by Gasteiger charge is -2.17. The molecule has 0 saturated carbocycles. The minimum Gasteiger partial charge on any atom is -0.485 e. The first-order valence-corrected chi connectivity index (χ1v) is 9.78. The number of hydrogen-bond acceptors (Lipinski definition) is 4. The molecule has 2 rings (SSSR count). The van der Waals surface area contributed by atoms with Crippen LogP contribution in [0.4, 0.5) is 4.39 Å². The van der Waals surface area contributed by atoms with E-state index >= 15 is 0 Å². The van der Waals surface area contributed by atoms with E-state index in [1.54, 1.807) is 29.5 Å². The highest BCUT2D eigenvalue weighted by Gasteiger charge is 2.11. The minimum atomic E-state index is -0.348. The number of nitrogens with zero attached hydrogens (tertiary/aromatic N) is 2. The van der Waals surface area contributed by atoms with Crippen molar-refractivity contribution in [1.29, 1.82) is 0 Å². The van der Waals surface area contributed by atoms with Crippen LogP contribution < -0.4 is 15.4 Å². The Labute approximate surface area is 158 Å². The second kappa shape index (κ2) is 10.8. The normalized spacial score (nSPS) is 12.7. The number of guanidine groups is 1. The van der Waals surface area contributed by atoms with Gasteiger partial charge in [-0.15, -0.1) is 11.3 Å². The van der Waals surface area contributed by atoms with Crippen molar-refractivity contribution in [3.63, 3.8) is 0 Å². The lowest BCUT2D eigenvalue weighted by molar-refractivity contribution is 0.196. The molecule has 5 nitrogen and oxygen atoms in total. The van der Waals surface area contributed by atoms with Gasteiger partial charge in [0.15, 0.2) is 17.5 Å². The first-order valence-electron chi connectivity index (χ1n) is 8.97. The third-order valence-electron chi connectivity index (χ3n) is 3.68. The van der Waals surface area contributed by atoms with E-state index in [1.807, 2.05) is 20.0 Å². The Balaban J connectivity index is 1.87. The molecule has 1 heterocycles. The fourth-order valence-corrected chi connectivity index (χ4v) is 3.10. The van der Waals surface area contributed by atoms with E-state index < -0.39 is 0 Å². The number of ether oxygens (including phenoxy) is 1. The number of thiazole rings is 1. The summed E-state index contributed by atoms with van der Waals surface area (Å²) in [6.45, 7) is 8.06. The van der Waals surface area contributed by atoms with Crippen LogP contribution in [-0.4, -0.2) is 36.7 Å². The highest BCUT2D eigenvalue weighted by atomic mass is 32.1. The van der Waals surface area contributed by atoms with Gasteiger partial charge in [-0.05, 0) is 32.4 Å². The van der Waals surface area contributed by atoms with Gasteiger partial charge in [0.1, 0.15) is 6.10 Å². The van der Waals surface area contributed by atoms with Gasteiger partial charge < -0.3 is 15.4 Å². The molecule has 0 radical (unpaired) electrons. The summed E-state index contributed by atoms with van der Waals surface area (Å²) >= 11 is 1.71. The van der Waals surface area contributed by atoms with Crippen LogP contribution in [0.2, 0.25) is 0 Å². The van der Waals surface area contributed by atoms with Crippen LogP contribution in [0.25, 0.3) is 0 Å². The van der Waals surface area contributed by atoms with Crippen molar-refractivity contribution in [2.24, 2.45) is 4.99 Å². The fourth-order valence-electron chi connectivity index (χ4n) is 2.31. The Hall–Kier alpha value is -2.15. The average Bonchev–Trinajstić information content (AvgIpc) is 3.05. The molecule has 0 fully saturated rings. The summed E-state index contributed by atoms with van der Waals surface area (Å²) in [7, 11) is 0. The number of nitrogens with one attached hydrogen (secondary N) is 2. The topological polar surface area (TPSA) is 58.5 Å². The highest BCUT2D eigenvalue weighted by Crippen LogP contribution is 2.18. The number of aromatic nitrogens is 1. The van der Waals surface area contributed by atoms with Gasteiger partial charge in [0.25, 0.3) is 0 Å². The molecule has 1 unspecified atom stereocenters. The van der Waals surface area contributed by atoms with E-state index in [0.717, 1.165) is 36.9 Å². The number of hydrogen-bond donors (Lipinski definition) is 2. The molecule has 2 N–H and O–H groups in total. The summed E-state index contributed by atoms with van der Waals surface area (Å²) in [6.07, 6.45) is 3.32. The van der Waals surface area contributed by atoms with Crippen LogP contribution in [-0.2, 0) is 6.42 Å². The first kappa shape index (κ1) is 20.2. The van der Waals surface area contributed by atoms with Gasteiger partial charge in [-0.1, -0.05) is 19.1 Å². The van der Waals surface area contributed by atoms with Crippen molar-refractivity contribution in [3.05, 3.63) is 46.2 Å². The third kappa shape index (κ3) is 6.63. The Bertz CT molecular complexity index is 704. The summed E-state index contributed by atoms with van der Waals surface area (Å²) < 4.78 is 19.5. The Morgan fingerprint density at radius 2 is 2.12 bits per heavy atom. The van der Waals surface area contributed by atoms with E-state index in [2.05, 4.69) is 27.5 Å². The SMILES string of the molecule is CCNC(=NCC(CC)Oc1ccccc1F)NCCc1ncc(C)s1. The van der Waals surface area contributed by atoms with Crippen molar-refractivity contribution in [2.75, 3.05) is 19.6 Å². The maximum Gasteiger partial charge on any atom is 0.191 e. The van der Waals surface area contributed by atoms with E-state index in [4.69, 9.17) is 4.74 Å². The molecule has 0 saturated heterocycles. The van der Waals surface area contributed by atoms with E-state index in [-0.39, 0.29) is 17.7 Å². The van der Waals surface area contributed by atoms with Crippen LogP contribution in [0.1, 0.15) is 30.2 Å². The van der Waals surface area contributed by atoms with E-state index in [9.17, 15) is 4.39 Å². The molecule has 142 valence electrons. The zero-order valence-corrected chi connectivity index (χ0v) is 16.4. The molecule has 0 aliphatic rings. The maximum atomic E-state index is 13.7. The molecule has 1 aromatic heterocycles. The summed E-state index contributed by atoms with van der Waals surface area (Å²) in [6, 6.07) is 6.46. The molecule has 1 aromatic carbocycles. The fraction of sp³-hybridized carbons (Fsp3) is 0.474. The quantitative estimate of drug-likeness (QED) is 0.518. The average molecular weight is 379 g/mol. The number of aliphatic imine (C=N–C) groups is 1. The van der Waals surface area contributed by atoms with Crippen LogP contribution >= 0.6 is 11.3 Å². The van der Waals surface area contributed by atoms with Crippen molar-refractivity contribution in [2.45, 2.75) is 39.7 Å². The Morgan fingerprint density at radius 1 is 1.31 bits per heavy atom. The summed E-state index contributed by atoms with van der Waals surface area (Å²) in [5.41, 5.74) is 0.